The number of fused-ring (bicyclic) bond motifs is 5. The van der Waals surface area contributed by atoms with E-state index in [4.69, 9.17) is 0 Å². The zero-order valence-corrected chi connectivity index (χ0v) is 15.7. The topological polar surface area (TPSA) is 60.7 Å². The fourth-order valence-electron chi connectivity index (χ4n) is 6.62. The van der Waals surface area contributed by atoms with Gasteiger partial charge in [-0.15, -0.1) is 0 Å². The number of hydrogen-bond acceptors (Lipinski definition) is 3. The van der Waals surface area contributed by atoms with Crippen molar-refractivity contribution in [3.05, 3.63) is 11.6 Å². The van der Waals surface area contributed by atoms with Crippen molar-refractivity contribution in [2.24, 2.45) is 28.6 Å². The molecule has 23 heavy (non-hydrogen) atoms. The first kappa shape index (κ1) is 16.6. The molecule has 0 aliphatic heterocycles. The van der Waals surface area contributed by atoms with E-state index in [-0.39, 0.29) is 39.9 Å². The molecule has 0 unspecified atom stereocenters. The SMILES string of the molecule is C[C@]12CC[C@H]3[C@@H]([C@H](O)CC4=C[C@@H](O)CC[C@@]43C)[C@@H]1C[C@@H](Br)[C@H]2O. The predicted molar refractivity (Wildman–Crippen MR) is 93.2 cm³/mol. The maximum absolute atomic E-state index is 11.0. The average molecular weight is 385 g/mol. The lowest BCUT2D eigenvalue weighted by atomic mass is 9.46. The quantitative estimate of drug-likeness (QED) is 0.444. The molecule has 130 valence electrons. The van der Waals surface area contributed by atoms with E-state index < -0.39 is 0 Å². The van der Waals surface area contributed by atoms with Gasteiger partial charge in [0.25, 0.3) is 0 Å². The van der Waals surface area contributed by atoms with Crippen LogP contribution in [0.3, 0.4) is 0 Å². The number of alkyl halides is 1. The zero-order chi connectivity index (χ0) is 16.6. The summed E-state index contributed by atoms with van der Waals surface area (Å²) in [5, 5.41) is 31.7. The Morgan fingerprint density at radius 1 is 1.09 bits per heavy atom. The van der Waals surface area contributed by atoms with Crippen molar-refractivity contribution < 1.29 is 15.3 Å². The first-order valence-electron chi connectivity index (χ1n) is 9.17. The highest BCUT2D eigenvalue weighted by molar-refractivity contribution is 9.09. The maximum Gasteiger partial charge on any atom is 0.0724 e. The first-order valence-corrected chi connectivity index (χ1v) is 10.1. The summed E-state index contributed by atoms with van der Waals surface area (Å²) in [6.07, 6.45) is 6.69. The minimum Gasteiger partial charge on any atom is -0.392 e. The highest BCUT2D eigenvalue weighted by Crippen LogP contribution is 2.65. The third kappa shape index (κ3) is 2.17. The fourth-order valence-corrected chi connectivity index (χ4v) is 7.63. The van der Waals surface area contributed by atoms with Crippen LogP contribution in [0.2, 0.25) is 0 Å². The molecule has 0 aromatic rings. The van der Waals surface area contributed by atoms with Crippen molar-refractivity contribution in [1.29, 1.82) is 0 Å². The Kier molecular flexibility index (Phi) is 3.81. The Balaban J connectivity index is 1.73. The van der Waals surface area contributed by atoms with Crippen LogP contribution in [0.25, 0.3) is 0 Å². The average Bonchev–Trinajstić information content (AvgIpc) is 2.73. The standard InChI is InChI=1S/C19H29BrO3/c1-18-5-3-11(21)7-10(18)8-15(22)16-12(18)4-6-19(2)13(16)9-14(20)17(19)23/h7,11-17,21-23H,3-6,8-9H2,1-2H3/t11-,12-,13-,14+,15+,16+,17+,18-,19-/m0/s1. The molecule has 3 N–H and O–H groups in total. The lowest BCUT2D eigenvalue weighted by Crippen LogP contribution is -2.56. The van der Waals surface area contributed by atoms with Crippen LogP contribution in [0.15, 0.2) is 11.6 Å². The van der Waals surface area contributed by atoms with E-state index >= 15 is 0 Å². The Hall–Kier alpha value is 0.1000. The number of aliphatic hydroxyl groups excluding tert-OH is 3. The third-order valence-corrected chi connectivity index (χ3v) is 8.92. The minimum atomic E-state index is -0.337. The van der Waals surface area contributed by atoms with Crippen molar-refractivity contribution >= 4 is 15.9 Å². The molecule has 0 saturated heterocycles. The summed E-state index contributed by atoms with van der Waals surface area (Å²) in [4.78, 5) is 0.154. The molecule has 3 saturated carbocycles. The Bertz CT molecular complexity index is 535. The van der Waals surface area contributed by atoms with Gasteiger partial charge in [0.05, 0.1) is 18.3 Å². The first-order chi connectivity index (χ1) is 10.8. The molecule has 4 aliphatic carbocycles. The Morgan fingerprint density at radius 2 is 1.83 bits per heavy atom. The molecule has 9 atom stereocenters. The highest BCUT2D eigenvalue weighted by Gasteiger charge is 2.62. The number of rotatable bonds is 0. The van der Waals surface area contributed by atoms with E-state index in [0.717, 1.165) is 32.1 Å². The summed E-state index contributed by atoms with van der Waals surface area (Å²) in [7, 11) is 0. The molecule has 0 heterocycles. The van der Waals surface area contributed by atoms with Gasteiger partial charge in [0.2, 0.25) is 0 Å². The lowest BCUT2D eigenvalue weighted by Gasteiger charge is -2.59. The zero-order valence-electron chi connectivity index (χ0n) is 14.1. The second-order valence-electron chi connectivity index (χ2n) is 9.02. The Labute approximate surface area is 147 Å². The summed E-state index contributed by atoms with van der Waals surface area (Å²) in [5.41, 5.74) is 1.34. The molecular formula is C19H29BrO3. The van der Waals surface area contributed by atoms with Crippen molar-refractivity contribution in [2.75, 3.05) is 0 Å². The summed E-state index contributed by atoms with van der Waals surface area (Å²) in [6.45, 7) is 4.58. The van der Waals surface area contributed by atoms with Crippen LogP contribution in [-0.4, -0.2) is 38.5 Å². The van der Waals surface area contributed by atoms with Gasteiger partial charge in [-0.25, -0.2) is 0 Å². The second-order valence-corrected chi connectivity index (χ2v) is 10.2. The van der Waals surface area contributed by atoms with E-state index in [1.54, 1.807) is 0 Å². The van der Waals surface area contributed by atoms with Gasteiger partial charge < -0.3 is 15.3 Å². The molecule has 0 radical (unpaired) electrons. The van der Waals surface area contributed by atoms with Crippen molar-refractivity contribution in [1.82, 2.24) is 0 Å². The van der Waals surface area contributed by atoms with Crippen molar-refractivity contribution in [3.8, 4) is 0 Å². The Morgan fingerprint density at radius 3 is 2.57 bits per heavy atom. The summed E-state index contributed by atoms with van der Waals surface area (Å²) >= 11 is 3.68. The molecule has 0 aromatic carbocycles. The van der Waals surface area contributed by atoms with E-state index in [0.29, 0.717) is 18.3 Å². The van der Waals surface area contributed by atoms with Crippen LogP contribution < -0.4 is 0 Å². The smallest absolute Gasteiger partial charge is 0.0724 e. The van der Waals surface area contributed by atoms with Crippen LogP contribution in [0, 0.1) is 28.6 Å². The summed E-state index contributed by atoms with van der Waals surface area (Å²) < 4.78 is 0. The lowest BCUT2D eigenvalue weighted by molar-refractivity contribution is -0.121. The van der Waals surface area contributed by atoms with Crippen LogP contribution in [0.5, 0.6) is 0 Å². The second kappa shape index (κ2) is 5.30. The fraction of sp³-hybridized carbons (Fsp3) is 0.895. The predicted octanol–water partition coefficient (Wildman–Crippen LogP) is 3.02. The van der Waals surface area contributed by atoms with Gasteiger partial charge in [-0.1, -0.05) is 41.4 Å². The van der Waals surface area contributed by atoms with E-state index in [1.165, 1.54) is 5.57 Å². The number of hydrogen-bond donors (Lipinski definition) is 3. The molecule has 0 amide bonds. The van der Waals surface area contributed by atoms with Gasteiger partial charge in [-0.05, 0) is 67.1 Å². The summed E-state index contributed by atoms with van der Waals surface area (Å²) in [6, 6.07) is 0. The van der Waals surface area contributed by atoms with E-state index in [2.05, 4.69) is 29.8 Å². The molecule has 4 aliphatic rings. The minimum absolute atomic E-state index is 0.0674. The van der Waals surface area contributed by atoms with Gasteiger partial charge >= 0.3 is 0 Å². The van der Waals surface area contributed by atoms with E-state index in [9.17, 15) is 15.3 Å². The highest BCUT2D eigenvalue weighted by atomic mass is 79.9. The monoisotopic (exact) mass is 384 g/mol. The molecule has 0 spiro atoms. The van der Waals surface area contributed by atoms with Crippen LogP contribution >= 0.6 is 15.9 Å². The van der Waals surface area contributed by atoms with E-state index in [1.807, 2.05) is 6.08 Å². The van der Waals surface area contributed by atoms with Crippen LogP contribution in [0.1, 0.15) is 52.4 Å². The van der Waals surface area contributed by atoms with Crippen LogP contribution in [-0.2, 0) is 0 Å². The number of aliphatic hydroxyl groups is 3. The molecule has 0 aromatic heterocycles. The van der Waals surface area contributed by atoms with Gasteiger partial charge in [0.1, 0.15) is 0 Å². The van der Waals surface area contributed by atoms with Gasteiger partial charge in [-0.2, -0.15) is 0 Å². The normalized spacial score (nSPS) is 58.9. The molecule has 0 bridgehead atoms. The molecular weight excluding hydrogens is 356 g/mol. The van der Waals surface area contributed by atoms with Gasteiger partial charge in [0.15, 0.2) is 0 Å². The largest absolute Gasteiger partial charge is 0.392 e. The third-order valence-electron chi connectivity index (χ3n) is 8.05. The van der Waals surface area contributed by atoms with Crippen LogP contribution in [0.4, 0.5) is 0 Å². The van der Waals surface area contributed by atoms with Gasteiger partial charge in [-0.3, -0.25) is 0 Å². The van der Waals surface area contributed by atoms with Crippen molar-refractivity contribution in [3.63, 3.8) is 0 Å². The number of halogens is 1. The van der Waals surface area contributed by atoms with Crippen molar-refractivity contribution in [2.45, 2.75) is 75.5 Å². The summed E-state index contributed by atoms with van der Waals surface area (Å²) in [5.74, 6) is 1.15. The maximum atomic E-state index is 11.0. The molecule has 4 rings (SSSR count). The van der Waals surface area contributed by atoms with Gasteiger partial charge in [0, 0.05) is 4.83 Å². The molecule has 3 nitrogen and oxygen atoms in total. The molecule has 3 fully saturated rings. The molecule has 4 heteroatoms.